The van der Waals surface area contributed by atoms with Gasteiger partial charge in [-0.15, -0.1) is 0 Å². The molecule has 0 saturated heterocycles. The molecule has 0 aromatic heterocycles. The van der Waals surface area contributed by atoms with Gasteiger partial charge in [0.2, 0.25) is 0 Å². The van der Waals surface area contributed by atoms with Crippen LogP contribution in [-0.2, 0) is 0 Å². The number of benzene rings is 2. The summed E-state index contributed by atoms with van der Waals surface area (Å²) in [5, 5.41) is 1.85. The predicted octanol–water partition coefficient (Wildman–Crippen LogP) is 3.88. The van der Waals surface area contributed by atoms with E-state index in [9.17, 15) is 8.78 Å². The molecule has 0 N–H and O–H groups in total. The van der Waals surface area contributed by atoms with Gasteiger partial charge in [-0.2, -0.15) is 8.78 Å². The normalized spacial score (nSPS) is 10.1. The van der Waals surface area contributed by atoms with E-state index >= 15 is 0 Å². The Morgan fingerprint density at radius 3 is 2.79 bits per heavy atom. The summed E-state index contributed by atoms with van der Waals surface area (Å²) in [6, 6.07) is 13.8. The molecular formula is C12H7F2. The average Bonchev–Trinajstić information content (AvgIpc) is 2.17. The van der Waals surface area contributed by atoms with Crippen molar-refractivity contribution in [2.24, 2.45) is 0 Å². The minimum absolute atomic E-state index is 0.476. The van der Waals surface area contributed by atoms with Gasteiger partial charge in [-0.1, -0.05) is 24.3 Å². The molecule has 1 radical (unpaired) electrons. The Hall–Kier alpha value is -1.70. The molecule has 0 fully saturated rings. The van der Waals surface area contributed by atoms with Gasteiger partial charge >= 0.3 is 0 Å². The maximum Gasteiger partial charge on any atom is 0.270 e. The van der Waals surface area contributed by atoms with Crippen molar-refractivity contribution in [2.75, 3.05) is 0 Å². The van der Waals surface area contributed by atoms with E-state index in [-0.39, 0.29) is 0 Å². The maximum absolute atomic E-state index is 12.0. The highest BCUT2D eigenvalue weighted by atomic mass is 19.3. The Morgan fingerprint density at radius 1 is 1.21 bits per heavy atom. The fraction of sp³-hybridized carbons (Fsp3) is 0. The molecule has 0 bridgehead atoms. The molecule has 2 aromatic rings. The Morgan fingerprint density at radius 2 is 2.00 bits per heavy atom. The van der Waals surface area contributed by atoms with Crippen LogP contribution in [0.25, 0.3) is 16.8 Å². The smallest absolute Gasteiger partial charge is 0.173 e. The van der Waals surface area contributed by atoms with E-state index in [0.717, 1.165) is 16.8 Å². The number of fused-ring (bicyclic) bond motifs is 1. The van der Waals surface area contributed by atoms with Gasteiger partial charge < -0.3 is 0 Å². The summed E-state index contributed by atoms with van der Waals surface area (Å²) in [4.78, 5) is 0. The Bertz CT molecular complexity index is 482. The first-order valence-corrected chi connectivity index (χ1v) is 4.19. The Balaban J connectivity index is 2.57. The molecule has 0 aliphatic carbocycles. The second-order valence-electron chi connectivity index (χ2n) is 2.95. The quantitative estimate of drug-likeness (QED) is 0.638. The Labute approximate surface area is 80.5 Å². The summed E-state index contributed by atoms with van der Waals surface area (Å²) in [7, 11) is 0. The minimum atomic E-state index is -1.69. The van der Waals surface area contributed by atoms with Gasteiger partial charge in [0.1, 0.15) is 0 Å². The van der Waals surface area contributed by atoms with Crippen molar-refractivity contribution >= 4 is 16.8 Å². The lowest BCUT2D eigenvalue weighted by atomic mass is 10.1. The van der Waals surface area contributed by atoms with Gasteiger partial charge in [0.05, 0.1) is 0 Å². The molecule has 0 heterocycles. The SMILES string of the molecule is FC(F)=Cc1c[c]c2ccccc2c1. The molecule has 2 heteroatoms. The van der Waals surface area contributed by atoms with E-state index in [1.807, 2.05) is 24.3 Å². The first-order valence-electron chi connectivity index (χ1n) is 4.19. The molecule has 2 aromatic carbocycles. The lowest BCUT2D eigenvalue weighted by Crippen LogP contribution is -1.75. The molecule has 0 aliphatic rings. The summed E-state index contributed by atoms with van der Waals surface area (Å²) in [5.74, 6) is 0. The van der Waals surface area contributed by atoms with Crippen LogP contribution in [0.2, 0.25) is 0 Å². The second kappa shape index (κ2) is 3.58. The van der Waals surface area contributed by atoms with Gasteiger partial charge in [0, 0.05) is 6.08 Å². The van der Waals surface area contributed by atoms with Crippen LogP contribution in [0.15, 0.2) is 42.5 Å². The van der Waals surface area contributed by atoms with Gasteiger partial charge in [-0.05, 0) is 34.5 Å². The van der Waals surface area contributed by atoms with E-state index in [4.69, 9.17) is 0 Å². The van der Waals surface area contributed by atoms with E-state index in [0.29, 0.717) is 5.56 Å². The van der Waals surface area contributed by atoms with Crippen LogP contribution >= 0.6 is 0 Å². The molecule has 69 valence electrons. The van der Waals surface area contributed by atoms with Crippen LogP contribution in [0.1, 0.15) is 5.56 Å². The van der Waals surface area contributed by atoms with Crippen LogP contribution in [-0.4, -0.2) is 0 Å². The van der Waals surface area contributed by atoms with Gasteiger partial charge in [-0.25, -0.2) is 0 Å². The number of rotatable bonds is 1. The summed E-state index contributed by atoms with van der Waals surface area (Å²) >= 11 is 0. The number of halogens is 2. The molecule has 0 spiro atoms. The number of hydrogen-bond donors (Lipinski definition) is 0. The maximum atomic E-state index is 12.0. The van der Waals surface area contributed by atoms with Crippen LogP contribution in [0.5, 0.6) is 0 Å². The fourth-order valence-corrected chi connectivity index (χ4v) is 1.35. The van der Waals surface area contributed by atoms with Gasteiger partial charge in [0.15, 0.2) is 0 Å². The third kappa shape index (κ3) is 1.79. The van der Waals surface area contributed by atoms with Crippen molar-refractivity contribution in [1.29, 1.82) is 0 Å². The highest BCUT2D eigenvalue weighted by Crippen LogP contribution is 2.17. The van der Waals surface area contributed by atoms with Crippen LogP contribution in [0, 0.1) is 6.07 Å². The van der Waals surface area contributed by atoms with E-state index in [2.05, 4.69) is 6.07 Å². The fourth-order valence-electron chi connectivity index (χ4n) is 1.35. The summed E-state index contributed by atoms with van der Waals surface area (Å²) in [5.41, 5.74) is 0.476. The largest absolute Gasteiger partial charge is 0.270 e. The van der Waals surface area contributed by atoms with Crippen molar-refractivity contribution in [3.05, 3.63) is 54.1 Å². The van der Waals surface area contributed by atoms with E-state index < -0.39 is 6.08 Å². The molecule has 0 nitrogen and oxygen atoms in total. The van der Waals surface area contributed by atoms with Crippen molar-refractivity contribution < 1.29 is 8.78 Å². The molecule has 0 atom stereocenters. The van der Waals surface area contributed by atoms with Gasteiger partial charge in [-0.3, -0.25) is 0 Å². The standard InChI is InChI=1S/C12H7F2/c13-12(14)8-9-5-6-10-3-1-2-4-11(10)7-9/h1-5,7-8H. The monoisotopic (exact) mass is 189 g/mol. The highest BCUT2D eigenvalue weighted by Gasteiger charge is 1.95. The third-order valence-corrected chi connectivity index (χ3v) is 1.95. The zero-order chi connectivity index (χ0) is 9.97. The average molecular weight is 189 g/mol. The van der Waals surface area contributed by atoms with Crippen LogP contribution < -0.4 is 0 Å². The molecule has 14 heavy (non-hydrogen) atoms. The lowest BCUT2D eigenvalue weighted by Gasteiger charge is -1.97. The molecule has 2 rings (SSSR count). The summed E-state index contributed by atoms with van der Waals surface area (Å²) in [6.07, 6.45) is -0.850. The minimum Gasteiger partial charge on any atom is -0.173 e. The zero-order valence-corrected chi connectivity index (χ0v) is 7.30. The summed E-state index contributed by atoms with van der Waals surface area (Å²) < 4.78 is 23.9. The molecule has 0 unspecified atom stereocenters. The van der Waals surface area contributed by atoms with Crippen LogP contribution in [0.4, 0.5) is 8.78 Å². The number of hydrogen-bond acceptors (Lipinski definition) is 0. The van der Waals surface area contributed by atoms with Crippen LogP contribution in [0.3, 0.4) is 0 Å². The topological polar surface area (TPSA) is 0 Å². The molecule has 0 saturated carbocycles. The second-order valence-corrected chi connectivity index (χ2v) is 2.95. The van der Waals surface area contributed by atoms with Crippen molar-refractivity contribution in [3.8, 4) is 0 Å². The lowest BCUT2D eigenvalue weighted by molar-refractivity contribution is 0.429. The van der Waals surface area contributed by atoms with E-state index in [1.165, 1.54) is 0 Å². The van der Waals surface area contributed by atoms with Crippen molar-refractivity contribution in [1.82, 2.24) is 0 Å². The Kier molecular flexibility index (Phi) is 2.27. The zero-order valence-electron chi connectivity index (χ0n) is 7.30. The van der Waals surface area contributed by atoms with E-state index in [1.54, 1.807) is 12.1 Å². The first-order chi connectivity index (χ1) is 6.75. The molecular weight excluding hydrogens is 182 g/mol. The highest BCUT2D eigenvalue weighted by molar-refractivity contribution is 5.84. The predicted molar refractivity (Wildman–Crippen MR) is 53.0 cm³/mol. The van der Waals surface area contributed by atoms with Crippen molar-refractivity contribution in [2.45, 2.75) is 0 Å². The van der Waals surface area contributed by atoms with Gasteiger partial charge in [0.25, 0.3) is 6.08 Å². The third-order valence-electron chi connectivity index (χ3n) is 1.95. The summed E-state index contributed by atoms with van der Waals surface area (Å²) in [6.45, 7) is 0. The molecule has 0 amide bonds. The van der Waals surface area contributed by atoms with Crippen molar-refractivity contribution in [3.63, 3.8) is 0 Å². The molecule has 0 aliphatic heterocycles. The first kappa shape index (κ1) is 8.88.